The van der Waals surface area contributed by atoms with E-state index in [0.717, 1.165) is 36.6 Å². The molecular weight excluding hydrogens is 296 g/mol. The van der Waals surface area contributed by atoms with E-state index in [1.165, 1.54) is 0 Å². The molecule has 6 heteroatoms. The van der Waals surface area contributed by atoms with Gasteiger partial charge in [-0.3, -0.25) is 9.59 Å². The molecule has 0 aliphatic carbocycles. The van der Waals surface area contributed by atoms with Gasteiger partial charge in [-0.15, -0.1) is 0 Å². The molecule has 2 amide bonds. The lowest BCUT2D eigenvalue weighted by molar-refractivity contribution is -0.132. The van der Waals surface area contributed by atoms with Crippen molar-refractivity contribution in [3.8, 4) is 11.5 Å². The molecule has 124 valence electrons. The summed E-state index contributed by atoms with van der Waals surface area (Å²) >= 11 is 0. The molecule has 1 aromatic rings. The van der Waals surface area contributed by atoms with Gasteiger partial charge in [-0.05, 0) is 30.5 Å². The summed E-state index contributed by atoms with van der Waals surface area (Å²) in [7, 11) is 0. The van der Waals surface area contributed by atoms with E-state index in [-0.39, 0.29) is 18.6 Å². The number of hydrogen-bond donors (Lipinski definition) is 0. The van der Waals surface area contributed by atoms with Crippen molar-refractivity contribution < 1.29 is 19.1 Å². The third-order valence-electron chi connectivity index (χ3n) is 4.36. The number of benzene rings is 1. The smallest absolute Gasteiger partial charge is 0.231 e. The first-order valence-electron chi connectivity index (χ1n) is 8.05. The maximum absolute atomic E-state index is 12.4. The van der Waals surface area contributed by atoms with Gasteiger partial charge in [-0.25, -0.2) is 0 Å². The molecule has 0 spiro atoms. The Hall–Kier alpha value is -2.24. The first kappa shape index (κ1) is 15.6. The van der Waals surface area contributed by atoms with E-state index in [1.807, 2.05) is 28.0 Å². The van der Waals surface area contributed by atoms with Crippen LogP contribution in [-0.2, 0) is 16.0 Å². The van der Waals surface area contributed by atoms with Crippen LogP contribution in [0, 0.1) is 0 Å². The minimum Gasteiger partial charge on any atom is -0.454 e. The van der Waals surface area contributed by atoms with Gasteiger partial charge in [0.15, 0.2) is 11.5 Å². The monoisotopic (exact) mass is 318 g/mol. The lowest BCUT2D eigenvalue weighted by Gasteiger charge is -2.21. The van der Waals surface area contributed by atoms with Crippen LogP contribution in [0.15, 0.2) is 18.2 Å². The van der Waals surface area contributed by atoms with Crippen LogP contribution < -0.4 is 9.47 Å². The van der Waals surface area contributed by atoms with Crippen LogP contribution in [0.1, 0.15) is 25.3 Å². The Morgan fingerprint density at radius 1 is 1.04 bits per heavy atom. The Kier molecular flexibility index (Phi) is 4.69. The van der Waals surface area contributed by atoms with E-state index in [4.69, 9.17) is 9.47 Å². The lowest BCUT2D eigenvalue weighted by Crippen LogP contribution is -2.36. The molecule has 3 rings (SSSR count). The van der Waals surface area contributed by atoms with Crippen molar-refractivity contribution >= 4 is 11.8 Å². The van der Waals surface area contributed by atoms with Gasteiger partial charge in [0.05, 0.1) is 0 Å². The van der Waals surface area contributed by atoms with Crippen LogP contribution in [0.4, 0.5) is 0 Å². The third kappa shape index (κ3) is 3.75. The van der Waals surface area contributed by atoms with Crippen LogP contribution in [0.2, 0.25) is 0 Å². The van der Waals surface area contributed by atoms with Crippen molar-refractivity contribution in [1.82, 2.24) is 9.80 Å². The molecule has 0 saturated carbocycles. The molecule has 2 aliphatic heterocycles. The predicted octanol–water partition coefficient (Wildman–Crippen LogP) is 1.43. The van der Waals surface area contributed by atoms with Crippen LogP contribution in [0.3, 0.4) is 0 Å². The van der Waals surface area contributed by atoms with Gasteiger partial charge < -0.3 is 19.3 Å². The van der Waals surface area contributed by atoms with Crippen LogP contribution in [0.25, 0.3) is 0 Å². The molecule has 0 bridgehead atoms. The number of carbonyl (C=O) groups is 2. The van der Waals surface area contributed by atoms with E-state index in [2.05, 4.69) is 0 Å². The van der Waals surface area contributed by atoms with E-state index >= 15 is 0 Å². The highest BCUT2D eigenvalue weighted by molar-refractivity contribution is 5.77. The number of nitrogens with zero attached hydrogens (tertiary/aromatic N) is 2. The molecule has 1 fully saturated rings. The molecule has 2 heterocycles. The van der Waals surface area contributed by atoms with Crippen LogP contribution in [-0.4, -0.2) is 54.6 Å². The fourth-order valence-electron chi connectivity index (χ4n) is 2.99. The summed E-state index contributed by atoms with van der Waals surface area (Å²) in [6.07, 6.45) is 2.00. The maximum atomic E-state index is 12.4. The highest BCUT2D eigenvalue weighted by atomic mass is 16.7. The van der Waals surface area contributed by atoms with E-state index in [9.17, 15) is 9.59 Å². The highest BCUT2D eigenvalue weighted by Gasteiger charge is 2.20. The standard InChI is InChI=1S/C17H22N2O4/c1-13(20)18-7-2-8-19(10-9-18)17(21)6-4-14-3-5-15-16(11-14)23-12-22-15/h3,5,11H,2,4,6-10,12H2,1H3. The summed E-state index contributed by atoms with van der Waals surface area (Å²) in [6, 6.07) is 5.80. The van der Waals surface area contributed by atoms with Gasteiger partial charge in [-0.2, -0.15) is 0 Å². The zero-order valence-corrected chi connectivity index (χ0v) is 13.4. The van der Waals surface area contributed by atoms with Gasteiger partial charge in [0.2, 0.25) is 18.6 Å². The van der Waals surface area contributed by atoms with Gasteiger partial charge >= 0.3 is 0 Å². The first-order chi connectivity index (χ1) is 11.1. The molecule has 0 atom stereocenters. The SMILES string of the molecule is CC(=O)N1CCCN(C(=O)CCc2ccc3c(c2)OCO3)CC1. The largest absolute Gasteiger partial charge is 0.454 e. The van der Waals surface area contributed by atoms with Gasteiger partial charge in [-0.1, -0.05) is 6.07 Å². The summed E-state index contributed by atoms with van der Waals surface area (Å²) in [5.41, 5.74) is 1.07. The summed E-state index contributed by atoms with van der Waals surface area (Å²) in [6.45, 7) is 4.56. The number of carbonyl (C=O) groups excluding carboxylic acids is 2. The van der Waals surface area contributed by atoms with Crippen molar-refractivity contribution in [2.75, 3.05) is 33.0 Å². The Labute approximate surface area is 136 Å². The summed E-state index contributed by atoms with van der Waals surface area (Å²) in [5.74, 6) is 1.74. The second kappa shape index (κ2) is 6.89. The lowest BCUT2D eigenvalue weighted by atomic mass is 10.1. The minimum absolute atomic E-state index is 0.0830. The Bertz CT molecular complexity index is 602. The van der Waals surface area contributed by atoms with Crippen LogP contribution in [0.5, 0.6) is 11.5 Å². The summed E-state index contributed by atoms with van der Waals surface area (Å²) in [5, 5.41) is 0. The van der Waals surface area contributed by atoms with Crippen molar-refractivity contribution in [2.45, 2.75) is 26.2 Å². The predicted molar refractivity (Wildman–Crippen MR) is 84.3 cm³/mol. The van der Waals surface area contributed by atoms with Gasteiger partial charge in [0.25, 0.3) is 0 Å². The minimum atomic E-state index is 0.0830. The fraction of sp³-hybridized carbons (Fsp3) is 0.529. The number of amides is 2. The Morgan fingerprint density at radius 2 is 1.78 bits per heavy atom. The third-order valence-corrected chi connectivity index (χ3v) is 4.36. The highest BCUT2D eigenvalue weighted by Crippen LogP contribution is 2.32. The second-order valence-electron chi connectivity index (χ2n) is 5.93. The molecule has 2 aliphatic rings. The molecule has 1 aromatic carbocycles. The molecule has 0 aromatic heterocycles. The number of hydrogen-bond acceptors (Lipinski definition) is 4. The van der Waals surface area contributed by atoms with Gasteiger partial charge in [0.1, 0.15) is 0 Å². The van der Waals surface area contributed by atoms with Crippen molar-refractivity contribution in [3.05, 3.63) is 23.8 Å². The maximum Gasteiger partial charge on any atom is 0.231 e. The molecule has 23 heavy (non-hydrogen) atoms. The molecule has 0 radical (unpaired) electrons. The summed E-state index contributed by atoms with van der Waals surface area (Å²) < 4.78 is 10.6. The van der Waals surface area contributed by atoms with E-state index in [0.29, 0.717) is 25.9 Å². The molecule has 0 N–H and O–H groups in total. The van der Waals surface area contributed by atoms with Gasteiger partial charge in [0, 0.05) is 39.5 Å². The van der Waals surface area contributed by atoms with Crippen molar-refractivity contribution in [1.29, 1.82) is 0 Å². The molecule has 0 unspecified atom stereocenters. The zero-order valence-electron chi connectivity index (χ0n) is 13.4. The molecular formula is C17H22N2O4. The average Bonchev–Trinajstić information content (AvgIpc) is 2.86. The summed E-state index contributed by atoms with van der Waals surface area (Å²) in [4.78, 5) is 27.5. The average molecular weight is 318 g/mol. The van der Waals surface area contributed by atoms with E-state index in [1.54, 1.807) is 6.92 Å². The number of aryl methyl sites for hydroxylation is 1. The first-order valence-corrected chi connectivity index (χ1v) is 8.05. The fourth-order valence-corrected chi connectivity index (χ4v) is 2.99. The molecule has 6 nitrogen and oxygen atoms in total. The number of fused-ring (bicyclic) bond motifs is 1. The quantitative estimate of drug-likeness (QED) is 0.846. The number of rotatable bonds is 3. The molecule has 1 saturated heterocycles. The van der Waals surface area contributed by atoms with E-state index < -0.39 is 0 Å². The van der Waals surface area contributed by atoms with Crippen molar-refractivity contribution in [2.24, 2.45) is 0 Å². The second-order valence-corrected chi connectivity index (χ2v) is 5.93. The number of ether oxygens (including phenoxy) is 2. The normalized spacial score (nSPS) is 17.1. The van der Waals surface area contributed by atoms with Crippen LogP contribution >= 0.6 is 0 Å². The van der Waals surface area contributed by atoms with Crippen molar-refractivity contribution in [3.63, 3.8) is 0 Å². The topological polar surface area (TPSA) is 59.1 Å². The zero-order chi connectivity index (χ0) is 16.2. The Balaban J connectivity index is 1.52. The Morgan fingerprint density at radius 3 is 2.61 bits per heavy atom.